The summed E-state index contributed by atoms with van der Waals surface area (Å²) < 4.78 is 5.37. The van der Waals surface area contributed by atoms with Crippen molar-refractivity contribution in [3.05, 3.63) is 12.2 Å². The molecule has 2 aliphatic rings. The van der Waals surface area contributed by atoms with Gasteiger partial charge < -0.3 is 4.74 Å². The van der Waals surface area contributed by atoms with E-state index in [0.29, 0.717) is 12.3 Å². The number of ether oxygens (including phenoxy) is 1. The Bertz CT molecular complexity index is 257. The molecule has 0 radical (unpaired) electrons. The monoisotopic (exact) mass is 166 g/mol. The molecule has 12 heavy (non-hydrogen) atoms. The smallest absolute Gasteiger partial charge is 0.165 e. The molecule has 0 aromatic carbocycles. The lowest BCUT2D eigenvalue weighted by molar-refractivity contribution is -0.121. The first-order valence-corrected chi connectivity index (χ1v) is 4.39. The molecule has 0 aromatic heterocycles. The molecule has 1 aliphatic heterocycles. The SMILES string of the molecule is C=C(C)C1CC(=O)C2OC2(C)C1. The second-order valence-corrected chi connectivity index (χ2v) is 4.23. The number of hydrogen-bond acceptors (Lipinski definition) is 2. The molecule has 2 nitrogen and oxygen atoms in total. The van der Waals surface area contributed by atoms with Gasteiger partial charge >= 0.3 is 0 Å². The van der Waals surface area contributed by atoms with Gasteiger partial charge in [-0.25, -0.2) is 0 Å². The van der Waals surface area contributed by atoms with Crippen LogP contribution in [0.3, 0.4) is 0 Å². The summed E-state index contributed by atoms with van der Waals surface area (Å²) in [6.07, 6.45) is 1.52. The Morgan fingerprint density at radius 1 is 1.75 bits per heavy atom. The van der Waals surface area contributed by atoms with Crippen LogP contribution >= 0.6 is 0 Å². The van der Waals surface area contributed by atoms with Gasteiger partial charge in [0.2, 0.25) is 0 Å². The molecule has 3 unspecified atom stereocenters. The minimum absolute atomic E-state index is 0.0897. The summed E-state index contributed by atoms with van der Waals surface area (Å²) in [7, 11) is 0. The molecule has 0 N–H and O–H groups in total. The summed E-state index contributed by atoms with van der Waals surface area (Å²) in [5, 5.41) is 0. The first kappa shape index (κ1) is 7.99. The van der Waals surface area contributed by atoms with E-state index in [0.717, 1.165) is 12.0 Å². The van der Waals surface area contributed by atoms with E-state index in [1.54, 1.807) is 0 Å². The Labute approximate surface area is 72.6 Å². The average Bonchev–Trinajstić information content (AvgIpc) is 2.61. The summed E-state index contributed by atoms with van der Waals surface area (Å²) in [5.74, 6) is 0.609. The Morgan fingerprint density at radius 3 is 2.92 bits per heavy atom. The number of carbonyl (C=O) groups is 1. The van der Waals surface area contributed by atoms with Crippen LogP contribution in [-0.2, 0) is 9.53 Å². The van der Waals surface area contributed by atoms with Gasteiger partial charge in [-0.3, -0.25) is 4.79 Å². The zero-order valence-corrected chi connectivity index (χ0v) is 7.59. The summed E-state index contributed by atoms with van der Waals surface area (Å²) >= 11 is 0. The van der Waals surface area contributed by atoms with E-state index < -0.39 is 0 Å². The highest BCUT2D eigenvalue weighted by molar-refractivity contribution is 5.88. The van der Waals surface area contributed by atoms with Crippen LogP contribution < -0.4 is 0 Å². The van der Waals surface area contributed by atoms with Gasteiger partial charge in [0.05, 0.1) is 0 Å². The van der Waals surface area contributed by atoms with Gasteiger partial charge in [-0.05, 0) is 26.2 Å². The molecule has 1 aliphatic carbocycles. The molecule has 0 spiro atoms. The quantitative estimate of drug-likeness (QED) is 0.438. The van der Waals surface area contributed by atoms with Crippen molar-refractivity contribution < 1.29 is 9.53 Å². The molecule has 0 bridgehead atoms. The van der Waals surface area contributed by atoms with Crippen LogP contribution in [0.15, 0.2) is 12.2 Å². The fourth-order valence-corrected chi connectivity index (χ4v) is 2.06. The van der Waals surface area contributed by atoms with E-state index in [2.05, 4.69) is 6.58 Å². The van der Waals surface area contributed by atoms with Crippen LogP contribution in [0.1, 0.15) is 26.7 Å². The second kappa shape index (κ2) is 2.19. The van der Waals surface area contributed by atoms with Crippen LogP contribution in [0.4, 0.5) is 0 Å². The summed E-state index contributed by atoms with van der Waals surface area (Å²) in [6.45, 7) is 7.90. The van der Waals surface area contributed by atoms with Crippen molar-refractivity contribution in [1.82, 2.24) is 0 Å². The van der Waals surface area contributed by atoms with Crippen molar-refractivity contribution in [3.63, 3.8) is 0 Å². The maximum absolute atomic E-state index is 11.4. The highest BCUT2D eigenvalue weighted by Crippen LogP contribution is 2.48. The maximum atomic E-state index is 11.4. The molecule has 1 saturated carbocycles. The number of epoxide rings is 1. The minimum Gasteiger partial charge on any atom is -0.358 e. The standard InChI is InChI=1S/C10H14O2/c1-6(2)7-4-8(11)9-10(3,5-7)12-9/h7,9H,1,4-5H2,2-3H3. The fourth-order valence-electron chi connectivity index (χ4n) is 2.06. The summed E-state index contributed by atoms with van der Waals surface area (Å²) in [4.78, 5) is 11.4. The van der Waals surface area contributed by atoms with Crippen molar-refractivity contribution in [2.24, 2.45) is 5.92 Å². The van der Waals surface area contributed by atoms with Gasteiger partial charge in [-0.2, -0.15) is 0 Å². The molecule has 66 valence electrons. The van der Waals surface area contributed by atoms with Gasteiger partial charge in [0.25, 0.3) is 0 Å². The van der Waals surface area contributed by atoms with E-state index in [4.69, 9.17) is 4.74 Å². The number of Topliss-reactive ketones (excluding diaryl/α,β-unsaturated/α-hetero) is 1. The molecule has 2 fully saturated rings. The predicted molar refractivity (Wildman–Crippen MR) is 45.8 cm³/mol. The first-order chi connectivity index (χ1) is 5.53. The van der Waals surface area contributed by atoms with E-state index in [1.807, 2.05) is 13.8 Å². The van der Waals surface area contributed by atoms with Gasteiger partial charge in [0.15, 0.2) is 5.78 Å². The zero-order valence-electron chi connectivity index (χ0n) is 7.59. The molecule has 0 amide bonds. The van der Waals surface area contributed by atoms with E-state index in [9.17, 15) is 4.79 Å². The van der Waals surface area contributed by atoms with E-state index in [-0.39, 0.29) is 17.5 Å². The fraction of sp³-hybridized carbons (Fsp3) is 0.700. The molecule has 2 rings (SSSR count). The van der Waals surface area contributed by atoms with E-state index in [1.165, 1.54) is 0 Å². The Kier molecular flexibility index (Phi) is 1.46. The number of hydrogen-bond donors (Lipinski definition) is 0. The maximum Gasteiger partial charge on any atom is 0.165 e. The van der Waals surface area contributed by atoms with Crippen molar-refractivity contribution in [3.8, 4) is 0 Å². The minimum atomic E-state index is -0.140. The van der Waals surface area contributed by atoms with Crippen LogP contribution in [0, 0.1) is 5.92 Å². The topological polar surface area (TPSA) is 29.6 Å². The van der Waals surface area contributed by atoms with Gasteiger partial charge in [0, 0.05) is 6.42 Å². The van der Waals surface area contributed by atoms with Crippen molar-refractivity contribution in [2.75, 3.05) is 0 Å². The number of carbonyl (C=O) groups excluding carboxylic acids is 1. The number of allylic oxidation sites excluding steroid dienone is 1. The number of fused-ring (bicyclic) bond motifs is 1. The number of rotatable bonds is 1. The normalized spacial score (nSPS) is 45.3. The van der Waals surface area contributed by atoms with Crippen molar-refractivity contribution >= 4 is 5.78 Å². The summed E-state index contributed by atoms with van der Waals surface area (Å²) in [6, 6.07) is 0. The zero-order chi connectivity index (χ0) is 8.93. The molecule has 1 saturated heterocycles. The summed E-state index contributed by atoms with van der Waals surface area (Å²) in [5.41, 5.74) is 0.970. The largest absolute Gasteiger partial charge is 0.358 e. The number of ketones is 1. The van der Waals surface area contributed by atoms with Gasteiger partial charge in [-0.15, -0.1) is 0 Å². The van der Waals surface area contributed by atoms with Gasteiger partial charge in [0.1, 0.15) is 11.7 Å². The Balaban J connectivity index is 2.14. The predicted octanol–water partition coefficient (Wildman–Crippen LogP) is 1.70. The van der Waals surface area contributed by atoms with Crippen LogP contribution in [0.2, 0.25) is 0 Å². The lowest BCUT2D eigenvalue weighted by atomic mass is 9.79. The molecular weight excluding hydrogens is 152 g/mol. The Morgan fingerprint density at radius 2 is 2.42 bits per heavy atom. The lowest BCUT2D eigenvalue weighted by Crippen LogP contribution is -2.29. The third-order valence-electron chi connectivity index (χ3n) is 2.97. The van der Waals surface area contributed by atoms with Crippen molar-refractivity contribution in [2.45, 2.75) is 38.4 Å². The Hall–Kier alpha value is -0.630. The highest BCUT2D eigenvalue weighted by atomic mass is 16.6. The van der Waals surface area contributed by atoms with E-state index >= 15 is 0 Å². The lowest BCUT2D eigenvalue weighted by Gasteiger charge is -2.22. The average molecular weight is 166 g/mol. The third-order valence-corrected chi connectivity index (χ3v) is 2.97. The molecule has 2 heteroatoms. The molecule has 0 aromatic rings. The van der Waals surface area contributed by atoms with Crippen LogP contribution in [0.5, 0.6) is 0 Å². The highest BCUT2D eigenvalue weighted by Gasteiger charge is 2.60. The molecular formula is C10H14O2. The third kappa shape index (κ3) is 1.02. The van der Waals surface area contributed by atoms with Gasteiger partial charge in [-0.1, -0.05) is 12.2 Å². The van der Waals surface area contributed by atoms with Crippen molar-refractivity contribution in [1.29, 1.82) is 0 Å². The molecule has 1 heterocycles. The molecule has 3 atom stereocenters. The van der Waals surface area contributed by atoms with Crippen LogP contribution in [-0.4, -0.2) is 17.5 Å². The second-order valence-electron chi connectivity index (χ2n) is 4.23. The van der Waals surface area contributed by atoms with Crippen LogP contribution in [0.25, 0.3) is 0 Å². The first-order valence-electron chi connectivity index (χ1n) is 4.39.